The summed E-state index contributed by atoms with van der Waals surface area (Å²) in [5, 5.41) is 12.4. The first kappa shape index (κ1) is 24.0. The first-order valence-corrected chi connectivity index (χ1v) is 11.2. The van der Waals surface area contributed by atoms with Crippen LogP contribution in [0.25, 0.3) is 0 Å². The molecular formula is C21H25I2NO5. The maximum atomic E-state index is 12.0. The molecule has 0 aliphatic heterocycles. The van der Waals surface area contributed by atoms with E-state index in [1.54, 1.807) is 27.9 Å². The highest BCUT2D eigenvalue weighted by molar-refractivity contribution is 14.1. The Kier molecular flexibility index (Phi) is 8.83. The lowest BCUT2D eigenvalue weighted by Gasteiger charge is -2.23. The van der Waals surface area contributed by atoms with E-state index in [9.17, 15) is 9.90 Å². The molecule has 0 saturated heterocycles. The summed E-state index contributed by atoms with van der Waals surface area (Å²) in [4.78, 5) is 12.0. The van der Waals surface area contributed by atoms with Gasteiger partial charge in [0.1, 0.15) is 17.1 Å². The van der Waals surface area contributed by atoms with Crippen LogP contribution in [0.2, 0.25) is 0 Å². The monoisotopic (exact) mass is 625 g/mol. The van der Waals surface area contributed by atoms with Gasteiger partial charge in [0, 0.05) is 0 Å². The van der Waals surface area contributed by atoms with Crippen LogP contribution in [-0.2, 0) is 11.2 Å². The standard InChI is InChI=1S/C21H25I2NO5/c1-21(2,3)29-20(26)24-14(12-25)9-13-10-17(22)19(18(23)11-13)28-16-7-5-15(27-4)6-8-16/h5-8,10-11,14,25H,9,12H2,1-4H3,(H,24,26)/t14-/m1/s1. The number of hydrogen-bond donors (Lipinski definition) is 2. The number of rotatable bonds is 7. The van der Waals surface area contributed by atoms with Crippen molar-refractivity contribution in [2.45, 2.75) is 38.8 Å². The number of hydrogen-bond acceptors (Lipinski definition) is 5. The summed E-state index contributed by atoms with van der Waals surface area (Å²) in [5.74, 6) is 2.25. The van der Waals surface area contributed by atoms with Crippen molar-refractivity contribution in [1.29, 1.82) is 0 Å². The zero-order valence-corrected chi connectivity index (χ0v) is 21.1. The minimum Gasteiger partial charge on any atom is -0.497 e. The number of carbonyl (C=O) groups excluding carboxylic acids is 1. The second-order valence-electron chi connectivity index (χ2n) is 7.40. The van der Waals surface area contributed by atoms with E-state index in [2.05, 4.69) is 50.5 Å². The SMILES string of the molecule is COc1ccc(Oc2c(I)cc(C[C@H](CO)NC(=O)OC(C)(C)C)cc2I)cc1. The third-order valence-electron chi connectivity index (χ3n) is 3.76. The molecule has 1 atom stereocenters. The van der Waals surface area contributed by atoms with Crippen molar-refractivity contribution in [3.8, 4) is 17.2 Å². The van der Waals surface area contributed by atoms with E-state index >= 15 is 0 Å². The van der Waals surface area contributed by atoms with Crippen molar-refractivity contribution in [2.24, 2.45) is 0 Å². The Hall–Kier alpha value is -1.27. The molecule has 0 aliphatic rings. The lowest BCUT2D eigenvalue weighted by Crippen LogP contribution is -2.42. The molecular weight excluding hydrogens is 600 g/mol. The van der Waals surface area contributed by atoms with E-state index in [0.29, 0.717) is 12.2 Å². The van der Waals surface area contributed by atoms with Gasteiger partial charge >= 0.3 is 6.09 Å². The fraction of sp³-hybridized carbons (Fsp3) is 0.381. The van der Waals surface area contributed by atoms with Crippen molar-refractivity contribution >= 4 is 51.3 Å². The van der Waals surface area contributed by atoms with Crippen molar-refractivity contribution < 1.29 is 24.1 Å². The average Bonchev–Trinajstić information content (AvgIpc) is 2.63. The van der Waals surface area contributed by atoms with Gasteiger partial charge in [-0.15, -0.1) is 0 Å². The van der Waals surface area contributed by atoms with E-state index in [-0.39, 0.29) is 6.61 Å². The number of benzene rings is 2. The van der Waals surface area contributed by atoms with Crippen LogP contribution in [0.1, 0.15) is 26.3 Å². The molecule has 0 fully saturated rings. The van der Waals surface area contributed by atoms with E-state index in [1.165, 1.54) is 0 Å². The average molecular weight is 625 g/mol. The summed E-state index contributed by atoms with van der Waals surface area (Å²) in [6.07, 6.45) is -0.0645. The Bertz CT molecular complexity index is 811. The Balaban J connectivity index is 2.09. The third kappa shape index (κ3) is 7.82. The van der Waals surface area contributed by atoms with Gasteiger partial charge in [0.25, 0.3) is 0 Å². The molecule has 2 rings (SSSR count). The van der Waals surface area contributed by atoms with Gasteiger partial charge in [-0.1, -0.05) is 0 Å². The summed E-state index contributed by atoms with van der Waals surface area (Å²) in [7, 11) is 1.62. The second kappa shape index (κ2) is 10.7. The number of aliphatic hydroxyl groups is 1. The molecule has 0 aliphatic carbocycles. The molecule has 2 N–H and O–H groups in total. The normalized spacial score (nSPS) is 12.2. The summed E-state index contributed by atoms with van der Waals surface area (Å²) < 4.78 is 18.3. The summed E-state index contributed by atoms with van der Waals surface area (Å²) >= 11 is 4.45. The van der Waals surface area contributed by atoms with Gasteiger partial charge < -0.3 is 24.6 Å². The number of carbonyl (C=O) groups is 1. The molecule has 0 spiro atoms. The summed E-state index contributed by atoms with van der Waals surface area (Å²) in [5.41, 5.74) is 0.394. The van der Waals surface area contributed by atoms with E-state index < -0.39 is 17.7 Å². The molecule has 0 unspecified atom stereocenters. The molecule has 2 aromatic carbocycles. The number of methoxy groups -OCH3 is 1. The molecule has 6 nitrogen and oxygen atoms in total. The predicted octanol–water partition coefficient (Wildman–Crippen LogP) is 5.12. The number of alkyl carbamates (subject to hydrolysis) is 1. The number of halogens is 2. The highest BCUT2D eigenvalue weighted by Crippen LogP contribution is 2.33. The topological polar surface area (TPSA) is 77.0 Å². The highest BCUT2D eigenvalue weighted by Gasteiger charge is 2.20. The van der Waals surface area contributed by atoms with Crippen LogP contribution in [-0.4, -0.2) is 36.6 Å². The smallest absolute Gasteiger partial charge is 0.407 e. The lowest BCUT2D eigenvalue weighted by molar-refractivity contribution is 0.0483. The zero-order valence-electron chi connectivity index (χ0n) is 16.8. The van der Waals surface area contributed by atoms with Gasteiger partial charge in [0.2, 0.25) is 0 Å². The van der Waals surface area contributed by atoms with Crippen LogP contribution in [0.5, 0.6) is 17.2 Å². The molecule has 0 heterocycles. The van der Waals surface area contributed by atoms with E-state index in [1.807, 2.05) is 36.4 Å². The largest absolute Gasteiger partial charge is 0.497 e. The summed E-state index contributed by atoms with van der Waals surface area (Å²) in [6, 6.07) is 10.9. The molecule has 29 heavy (non-hydrogen) atoms. The molecule has 0 saturated carbocycles. The van der Waals surface area contributed by atoms with Crippen molar-refractivity contribution in [1.82, 2.24) is 5.32 Å². The Morgan fingerprint density at radius 2 is 1.66 bits per heavy atom. The first-order chi connectivity index (χ1) is 13.6. The molecule has 0 aromatic heterocycles. The van der Waals surface area contributed by atoms with Crippen LogP contribution in [0, 0.1) is 7.14 Å². The van der Waals surface area contributed by atoms with Crippen LogP contribution in [0.4, 0.5) is 4.79 Å². The maximum Gasteiger partial charge on any atom is 0.407 e. The number of amides is 1. The number of nitrogens with one attached hydrogen (secondary N) is 1. The third-order valence-corrected chi connectivity index (χ3v) is 5.36. The van der Waals surface area contributed by atoms with Gasteiger partial charge in [0.05, 0.1) is 26.9 Å². The zero-order chi connectivity index (χ0) is 21.6. The van der Waals surface area contributed by atoms with Crippen LogP contribution in [0.3, 0.4) is 0 Å². The lowest BCUT2D eigenvalue weighted by atomic mass is 10.1. The Morgan fingerprint density at radius 1 is 1.10 bits per heavy atom. The van der Waals surface area contributed by atoms with E-state index in [0.717, 1.165) is 24.2 Å². The quantitative estimate of drug-likeness (QED) is 0.418. The van der Waals surface area contributed by atoms with Crippen LogP contribution < -0.4 is 14.8 Å². The maximum absolute atomic E-state index is 12.0. The fourth-order valence-electron chi connectivity index (χ4n) is 2.51. The molecule has 1 amide bonds. The Morgan fingerprint density at radius 3 is 2.14 bits per heavy atom. The number of ether oxygens (including phenoxy) is 3. The van der Waals surface area contributed by atoms with Crippen molar-refractivity contribution in [3.63, 3.8) is 0 Å². The number of aliphatic hydroxyl groups excluding tert-OH is 1. The molecule has 0 bridgehead atoms. The Labute approximate surface area is 198 Å². The van der Waals surface area contributed by atoms with Crippen LogP contribution >= 0.6 is 45.2 Å². The summed E-state index contributed by atoms with van der Waals surface area (Å²) in [6.45, 7) is 5.21. The van der Waals surface area contributed by atoms with E-state index in [4.69, 9.17) is 14.2 Å². The van der Waals surface area contributed by atoms with Gasteiger partial charge in [-0.3, -0.25) is 0 Å². The van der Waals surface area contributed by atoms with Gasteiger partial charge in [0.15, 0.2) is 5.75 Å². The minimum absolute atomic E-state index is 0.184. The van der Waals surface area contributed by atoms with Gasteiger partial charge in [-0.2, -0.15) is 0 Å². The van der Waals surface area contributed by atoms with Crippen molar-refractivity contribution in [3.05, 3.63) is 49.1 Å². The first-order valence-electron chi connectivity index (χ1n) is 9.01. The predicted molar refractivity (Wildman–Crippen MR) is 129 cm³/mol. The second-order valence-corrected chi connectivity index (χ2v) is 9.72. The van der Waals surface area contributed by atoms with Crippen molar-refractivity contribution in [2.75, 3.05) is 13.7 Å². The molecule has 158 valence electrons. The van der Waals surface area contributed by atoms with Crippen LogP contribution in [0.15, 0.2) is 36.4 Å². The fourth-order valence-corrected chi connectivity index (χ4v) is 4.63. The molecule has 8 heteroatoms. The molecule has 0 radical (unpaired) electrons. The minimum atomic E-state index is -0.588. The highest BCUT2D eigenvalue weighted by atomic mass is 127. The van der Waals surface area contributed by atoms with Gasteiger partial charge in [-0.05, 0) is 114 Å². The molecule has 2 aromatic rings. The van der Waals surface area contributed by atoms with Gasteiger partial charge in [-0.25, -0.2) is 4.79 Å².